The van der Waals surface area contributed by atoms with Crippen molar-refractivity contribution >= 4 is 12.0 Å². The van der Waals surface area contributed by atoms with Crippen LogP contribution in [0.5, 0.6) is 5.75 Å². The van der Waals surface area contributed by atoms with E-state index in [2.05, 4.69) is 11.0 Å². The monoisotopic (exact) mass is 436 g/mol. The molecule has 0 aliphatic carbocycles. The number of piperazine rings is 1. The minimum atomic E-state index is -1.11. The van der Waals surface area contributed by atoms with Gasteiger partial charge in [-0.05, 0) is 42.3 Å². The Balaban J connectivity index is 1.41. The maximum Gasteiger partial charge on any atom is 0.407 e. The molecule has 1 aliphatic heterocycles. The van der Waals surface area contributed by atoms with Gasteiger partial charge < -0.3 is 14.7 Å². The van der Waals surface area contributed by atoms with Gasteiger partial charge in [-0.2, -0.15) is 5.26 Å². The number of carbonyl (C=O) groups excluding carboxylic acids is 1. The summed E-state index contributed by atoms with van der Waals surface area (Å²) in [5.74, 6) is 0.634. The van der Waals surface area contributed by atoms with E-state index >= 15 is 0 Å². The lowest BCUT2D eigenvalue weighted by Crippen LogP contribution is -2.54. The van der Waals surface area contributed by atoms with Crippen LogP contribution >= 0.6 is 0 Å². The predicted octanol–water partition coefficient (Wildman–Crippen LogP) is 2.75. The molecule has 2 amide bonds. The first kappa shape index (κ1) is 23.1. The van der Waals surface area contributed by atoms with Crippen molar-refractivity contribution in [2.24, 2.45) is 0 Å². The summed E-state index contributed by atoms with van der Waals surface area (Å²) < 4.78 is 5.87. The Labute approximate surface area is 188 Å². The van der Waals surface area contributed by atoms with Gasteiger partial charge in [0.2, 0.25) is 5.91 Å². The largest absolute Gasteiger partial charge is 0.492 e. The first-order chi connectivity index (χ1) is 15.4. The van der Waals surface area contributed by atoms with E-state index in [4.69, 9.17) is 15.1 Å². The summed E-state index contributed by atoms with van der Waals surface area (Å²) in [6.07, 6.45) is -1.11. The molecule has 2 aromatic carbocycles. The van der Waals surface area contributed by atoms with E-state index in [0.29, 0.717) is 25.3 Å². The molecule has 0 saturated carbocycles. The van der Waals surface area contributed by atoms with Crippen molar-refractivity contribution in [3.8, 4) is 22.9 Å². The molecule has 0 unspecified atom stereocenters. The second kappa shape index (κ2) is 10.6. The zero-order valence-electron chi connectivity index (χ0n) is 18.4. The molecule has 1 aliphatic rings. The predicted molar refractivity (Wildman–Crippen MR) is 120 cm³/mol. The van der Waals surface area contributed by atoms with Gasteiger partial charge in [0.25, 0.3) is 0 Å². The van der Waals surface area contributed by atoms with E-state index in [1.807, 2.05) is 36.4 Å². The van der Waals surface area contributed by atoms with Crippen LogP contribution in [0.15, 0.2) is 48.5 Å². The Kier molecular flexibility index (Phi) is 7.68. The molecule has 32 heavy (non-hydrogen) atoms. The van der Waals surface area contributed by atoms with Crippen LogP contribution in [0, 0.1) is 11.3 Å². The van der Waals surface area contributed by atoms with Crippen molar-refractivity contribution in [3.63, 3.8) is 0 Å². The van der Waals surface area contributed by atoms with Crippen LogP contribution in [-0.4, -0.2) is 84.2 Å². The number of rotatable bonds is 7. The smallest absolute Gasteiger partial charge is 0.407 e. The number of carbonyl (C=O) groups is 2. The van der Waals surface area contributed by atoms with E-state index in [1.54, 1.807) is 24.0 Å². The second-order valence-electron chi connectivity index (χ2n) is 7.80. The summed E-state index contributed by atoms with van der Waals surface area (Å²) in [5, 5.41) is 17.9. The summed E-state index contributed by atoms with van der Waals surface area (Å²) in [4.78, 5) is 28.5. The highest BCUT2D eigenvalue weighted by Crippen LogP contribution is 2.22. The molecule has 2 aromatic rings. The van der Waals surface area contributed by atoms with Crippen LogP contribution in [-0.2, 0) is 4.79 Å². The fourth-order valence-electron chi connectivity index (χ4n) is 3.56. The van der Waals surface area contributed by atoms with Gasteiger partial charge in [0.15, 0.2) is 0 Å². The molecule has 1 atom stereocenters. The fraction of sp³-hybridized carbons (Fsp3) is 0.375. The quantitative estimate of drug-likeness (QED) is 0.717. The van der Waals surface area contributed by atoms with E-state index in [-0.39, 0.29) is 5.91 Å². The molecule has 0 radical (unpaired) electrons. The first-order valence-corrected chi connectivity index (χ1v) is 10.6. The lowest BCUT2D eigenvalue weighted by molar-refractivity contribution is -0.137. The minimum Gasteiger partial charge on any atom is -0.492 e. The average Bonchev–Trinajstić information content (AvgIpc) is 2.83. The Morgan fingerprint density at radius 3 is 2.16 bits per heavy atom. The molecule has 1 fully saturated rings. The van der Waals surface area contributed by atoms with Crippen molar-refractivity contribution < 1.29 is 19.4 Å². The van der Waals surface area contributed by atoms with Crippen molar-refractivity contribution in [3.05, 3.63) is 54.1 Å². The summed E-state index contributed by atoms with van der Waals surface area (Å²) in [6, 6.07) is 16.8. The second-order valence-corrected chi connectivity index (χ2v) is 7.80. The number of nitriles is 1. The van der Waals surface area contributed by atoms with Crippen LogP contribution in [0.1, 0.15) is 12.5 Å². The molecule has 1 N–H and O–H groups in total. The van der Waals surface area contributed by atoms with E-state index < -0.39 is 12.1 Å². The molecule has 0 spiro atoms. The van der Waals surface area contributed by atoms with Crippen LogP contribution in [0.3, 0.4) is 0 Å². The molecule has 8 heteroatoms. The Morgan fingerprint density at radius 1 is 1.06 bits per heavy atom. The average molecular weight is 437 g/mol. The van der Waals surface area contributed by atoms with Gasteiger partial charge in [-0.3, -0.25) is 14.6 Å². The Morgan fingerprint density at radius 2 is 1.62 bits per heavy atom. The van der Waals surface area contributed by atoms with E-state index in [9.17, 15) is 9.59 Å². The number of hydrogen-bond acceptors (Lipinski definition) is 5. The van der Waals surface area contributed by atoms with Crippen LogP contribution in [0.2, 0.25) is 0 Å². The highest BCUT2D eigenvalue weighted by molar-refractivity contribution is 5.85. The standard InChI is InChI=1S/C24H28N4O4/c1-18(26(2)24(30)31)23(29)28-13-11-27(12-14-28)15-16-32-22-9-7-21(8-10-22)20-5-3-19(17-25)4-6-20/h3-10,18H,11-16H2,1-2H3,(H,30,31)/t18-/m1/s1. The van der Waals surface area contributed by atoms with Crippen molar-refractivity contribution in [1.29, 1.82) is 5.26 Å². The van der Waals surface area contributed by atoms with Gasteiger partial charge in [0.1, 0.15) is 18.4 Å². The summed E-state index contributed by atoms with van der Waals surface area (Å²) in [6.45, 7) is 5.54. The third-order valence-electron chi connectivity index (χ3n) is 5.80. The summed E-state index contributed by atoms with van der Waals surface area (Å²) in [5.41, 5.74) is 2.75. The Bertz CT molecular complexity index is 961. The van der Waals surface area contributed by atoms with Gasteiger partial charge >= 0.3 is 6.09 Å². The van der Waals surface area contributed by atoms with Crippen molar-refractivity contribution in [2.75, 3.05) is 46.4 Å². The van der Waals surface area contributed by atoms with Crippen LogP contribution < -0.4 is 4.74 Å². The van der Waals surface area contributed by atoms with E-state index in [1.165, 1.54) is 7.05 Å². The van der Waals surface area contributed by atoms with Crippen LogP contribution in [0.4, 0.5) is 4.79 Å². The molecule has 0 aromatic heterocycles. The van der Waals surface area contributed by atoms with Crippen LogP contribution in [0.25, 0.3) is 11.1 Å². The SMILES string of the molecule is C[C@H](C(=O)N1CCN(CCOc2ccc(-c3ccc(C#N)cc3)cc2)CC1)N(C)C(=O)O. The summed E-state index contributed by atoms with van der Waals surface area (Å²) in [7, 11) is 1.41. The topological polar surface area (TPSA) is 97.1 Å². The highest BCUT2D eigenvalue weighted by atomic mass is 16.5. The minimum absolute atomic E-state index is 0.159. The molecule has 168 valence electrons. The number of carboxylic acid groups (broad SMARTS) is 1. The van der Waals surface area contributed by atoms with Gasteiger partial charge in [0, 0.05) is 39.8 Å². The summed E-state index contributed by atoms with van der Waals surface area (Å²) >= 11 is 0. The van der Waals surface area contributed by atoms with Gasteiger partial charge in [0.05, 0.1) is 11.6 Å². The number of ether oxygens (including phenoxy) is 1. The molecule has 1 heterocycles. The van der Waals surface area contributed by atoms with Crippen molar-refractivity contribution in [1.82, 2.24) is 14.7 Å². The van der Waals surface area contributed by atoms with Gasteiger partial charge in [-0.25, -0.2) is 4.79 Å². The third kappa shape index (κ3) is 5.77. The lowest BCUT2D eigenvalue weighted by atomic mass is 10.0. The van der Waals surface area contributed by atoms with Gasteiger partial charge in [-0.15, -0.1) is 0 Å². The highest BCUT2D eigenvalue weighted by Gasteiger charge is 2.28. The maximum absolute atomic E-state index is 12.5. The molecule has 3 rings (SSSR count). The number of amides is 2. The van der Waals surface area contributed by atoms with E-state index in [0.717, 1.165) is 41.4 Å². The molecular formula is C24H28N4O4. The number of hydrogen-bond donors (Lipinski definition) is 1. The third-order valence-corrected chi connectivity index (χ3v) is 5.80. The first-order valence-electron chi connectivity index (χ1n) is 10.6. The molecule has 0 bridgehead atoms. The lowest BCUT2D eigenvalue weighted by Gasteiger charge is -2.36. The van der Waals surface area contributed by atoms with Gasteiger partial charge in [-0.1, -0.05) is 24.3 Å². The molecule has 8 nitrogen and oxygen atoms in total. The molecule has 1 saturated heterocycles. The number of nitrogens with zero attached hydrogens (tertiary/aromatic N) is 4. The Hall–Kier alpha value is -3.57. The fourth-order valence-corrected chi connectivity index (χ4v) is 3.56. The number of benzene rings is 2. The number of likely N-dealkylation sites (N-methyl/N-ethyl adjacent to an activating group) is 1. The maximum atomic E-state index is 12.5. The zero-order chi connectivity index (χ0) is 23.1. The normalized spacial score (nSPS) is 15.0. The molecular weight excluding hydrogens is 408 g/mol. The van der Waals surface area contributed by atoms with Crippen molar-refractivity contribution in [2.45, 2.75) is 13.0 Å². The zero-order valence-corrected chi connectivity index (χ0v) is 18.4.